The molecule has 0 saturated carbocycles. The van der Waals surface area contributed by atoms with Crippen molar-refractivity contribution in [1.29, 1.82) is 0 Å². The number of methoxy groups -OCH3 is 2. The Morgan fingerprint density at radius 2 is 1.96 bits per heavy atom. The molecule has 0 saturated heterocycles. The van der Waals surface area contributed by atoms with Gasteiger partial charge in [-0.15, -0.1) is 0 Å². The highest BCUT2D eigenvalue weighted by Gasteiger charge is 2.33. The van der Waals surface area contributed by atoms with Gasteiger partial charge in [0, 0.05) is 24.7 Å². The molecule has 2 aromatic rings. The number of nitrogens with zero attached hydrogens (tertiary/aromatic N) is 1. The molecule has 2 aliphatic heterocycles. The topological polar surface area (TPSA) is 57.2 Å². The van der Waals surface area contributed by atoms with E-state index >= 15 is 0 Å². The quantitative estimate of drug-likeness (QED) is 0.846. The third-order valence-electron chi connectivity index (χ3n) is 4.83. The van der Waals surface area contributed by atoms with Crippen molar-refractivity contribution in [3.8, 4) is 23.0 Å². The van der Waals surface area contributed by atoms with E-state index in [2.05, 4.69) is 0 Å². The number of carbonyl (C=O) groups is 1. The zero-order valence-corrected chi connectivity index (χ0v) is 14.9. The Balaban J connectivity index is 1.53. The monoisotopic (exact) mass is 355 g/mol. The lowest BCUT2D eigenvalue weighted by molar-refractivity contribution is -0.142. The maximum atomic E-state index is 13.0. The summed E-state index contributed by atoms with van der Waals surface area (Å²) in [6.07, 6.45) is 0.120. The van der Waals surface area contributed by atoms with Crippen LogP contribution in [0.25, 0.3) is 0 Å². The Hall–Kier alpha value is -2.89. The highest BCUT2D eigenvalue weighted by molar-refractivity contribution is 5.82. The van der Waals surface area contributed by atoms with E-state index in [1.54, 1.807) is 19.1 Å². The highest BCUT2D eigenvalue weighted by atomic mass is 16.6. The first-order chi connectivity index (χ1) is 12.7. The minimum absolute atomic E-state index is 0.0666. The van der Waals surface area contributed by atoms with Gasteiger partial charge < -0.3 is 23.8 Å². The zero-order valence-electron chi connectivity index (χ0n) is 14.9. The van der Waals surface area contributed by atoms with Gasteiger partial charge in [0.2, 0.25) is 6.10 Å². The maximum Gasteiger partial charge on any atom is 0.267 e. The summed E-state index contributed by atoms with van der Waals surface area (Å²) < 4.78 is 22.4. The fourth-order valence-electron chi connectivity index (χ4n) is 3.44. The van der Waals surface area contributed by atoms with Crippen molar-refractivity contribution >= 4 is 5.91 Å². The summed E-state index contributed by atoms with van der Waals surface area (Å²) in [7, 11) is 3.27. The van der Waals surface area contributed by atoms with Crippen molar-refractivity contribution in [1.82, 2.24) is 4.90 Å². The molecule has 1 unspecified atom stereocenters. The van der Waals surface area contributed by atoms with Crippen LogP contribution in [-0.2, 0) is 17.8 Å². The number of ether oxygens (including phenoxy) is 4. The number of para-hydroxylation sites is 2. The summed E-state index contributed by atoms with van der Waals surface area (Å²) in [5.74, 6) is 2.72. The van der Waals surface area contributed by atoms with Gasteiger partial charge in [0.05, 0.1) is 14.2 Å². The average molecular weight is 355 g/mol. The lowest BCUT2D eigenvalue weighted by Gasteiger charge is -2.34. The first-order valence-electron chi connectivity index (χ1n) is 8.60. The van der Waals surface area contributed by atoms with E-state index in [0.717, 1.165) is 29.0 Å². The van der Waals surface area contributed by atoms with Crippen molar-refractivity contribution in [2.45, 2.75) is 19.1 Å². The average Bonchev–Trinajstić information content (AvgIpc) is 2.71. The number of fused-ring (bicyclic) bond motifs is 2. The van der Waals surface area contributed by atoms with Gasteiger partial charge in [-0.1, -0.05) is 12.1 Å². The lowest BCUT2D eigenvalue weighted by atomic mass is 9.97. The van der Waals surface area contributed by atoms with Crippen LogP contribution in [0.3, 0.4) is 0 Å². The second-order valence-corrected chi connectivity index (χ2v) is 6.34. The van der Waals surface area contributed by atoms with Gasteiger partial charge in [-0.3, -0.25) is 4.79 Å². The van der Waals surface area contributed by atoms with Crippen molar-refractivity contribution in [3.63, 3.8) is 0 Å². The molecule has 2 aromatic carbocycles. The summed E-state index contributed by atoms with van der Waals surface area (Å²) in [6.45, 7) is 1.34. The van der Waals surface area contributed by atoms with Gasteiger partial charge >= 0.3 is 0 Å². The van der Waals surface area contributed by atoms with Gasteiger partial charge in [-0.2, -0.15) is 0 Å². The number of carbonyl (C=O) groups excluding carboxylic acids is 1. The van der Waals surface area contributed by atoms with Crippen LogP contribution in [-0.4, -0.2) is 44.3 Å². The van der Waals surface area contributed by atoms with Crippen molar-refractivity contribution in [2.24, 2.45) is 0 Å². The van der Waals surface area contributed by atoms with Crippen LogP contribution in [0.15, 0.2) is 36.4 Å². The molecule has 0 radical (unpaired) electrons. The van der Waals surface area contributed by atoms with E-state index in [0.29, 0.717) is 24.6 Å². The van der Waals surface area contributed by atoms with E-state index in [1.165, 1.54) is 0 Å². The SMILES string of the molecule is COc1cc2c(c(OC)c1)CN(C(=O)C1COc3ccccc3O1)CC2. The molecule has 0 N–H and O–H groups in total. The molecular weight excluding hydrogens is 334 g/mol. The van der Waals surface area contributed by atoms with E-state index < -0.39 is 6.10 Å². The van der Waals surface area contributed by atoms with Crippen LogP contribution < -0.4 is 18.9 Å². The Morgan fingerprint density at radius 1 is 1.15 bits per heavy atom. The number of rotatable bonds is 3. The normalized spacial score (nSPS) is 18.1. The number of hydrogen-bond donors (Lipinski definition) is 0. The van der Waals surface area contributed by atoms with Gasteiger partial charge in [0.25, 0.3) is 5.91 Å². The summed E-state index contributed by atoms with van der Waals surface area (Å²) in [5.41, 5.74) is 2.17. The predicted molar refractivity (Wildman–Crippen MR) is 95.0 cm³/mol. The Labute approximate surface area is 152 Å². The molecule has 0 bridgehead atoms. The standard InChI is InChI=1S/C20H21NO5/c1-23-14-9-13-7-8-21(11-15(13)18(10-14)24-2)20(22)19-12-25-16-5-3-4-6-17(16)26-19/h3-6,9-10,19H,7-8,11-12H2,1-2H3. The number of hydrogen-bond acceptors (Lipinski definition) is 5. The first-order valence-corrected chi connectivity index (χ1v) is 8.60. The molecule has 0 aliphatic carbocycles. The first kappa shape index (κ1) is 16.6. The van der Waals surface area contributed by atoms with Crippen LogP contribution in [0.2, 0.25) is 0 Å². The Bertz CT molecular complexity index is 818. The number of amides is 1. The summed E-state index contributed by atoms with van der Waals surface area (Å²) in [6, 6.07) is 11.3. The van der Waals surface area contributed by atoms with E-state index in [1.807, 2.05) is 36.4 Å². The molecule has 26 heavy (non-hydrogen) atoms. The fourth-order valence-corrected chi connectivity index (χ4v) is 3.44. The Kier molecular flexibility index (Phi) is 4.32. The molecule has 4 rings (SSSR count). The molecule has 0 spiro atoms. The molecule has 2 aliphatic rings. The van der Waals surface area contributed by atoms with Crippen molar-refractivity contribution in [2.75, 3.05) is 27.4 Å². The highest BCUT2D eigenvalue weighted by Crippen LogP contribution is 2.34. The van der Waals surface area contributed by atoms with Gasteiger partial charge in [-0.25, -0.2) is 0 Å². The van der Waals surface area contributed by atoms with E-state index in [4.69, 9.17) is 18.9 Å². The third kappa shape index (κ3) is 2.92. The minimum Gasteiger partial charge on any atom is -0.497 e. The zero-order chi connectivity index (χ0) is 18.1. The molecule has 2 heterocycles. The largest absolute Gasteiger partial charge is 0.497 e. The second kappa shape index (κ2) is 6.78. The van der Waals surface area contributed by atoms with Crippen LogP contribution in [0.1, 0.15) is 11.1 Å². The molecular formula is C20H21NO5. The van der Waals surface area contributed by atoms with Crippen molar-refractivity contribution in [3.05, 3.63) is 47.5 Å². The smallest absolute Gasteiger partial charge is 0.267 e. The van der Waals surface area contributed by atoms with Gasteiger partial charge in [0.15, 0.2) is 11.5 Å². The molecule has 1 atom stereocenters. The van der Waals surface area contributed by atoms with Crippen LogP contribution >= 0.6 is 0 Å². The molecule has 1 amide bonds. The van der Waals surface area contributed by atoms with E-state index in [-0.39, 0.29) is 12.5 Å². The lowest BCUT2D eigenvalue weighted by Crippen LogP contribution is -2.48. The Morgan fingerprint density at radius 3 is 2.73 bits per heavy atom. The molecule has 0 fully saturated rings. The summed E-state index contributed by atoms with van der Waals surface area (Å²) in [5, 5.41) is 0. The number of benzene rings is 2. The van der Waals surface area contributed by atoms with E-state index in [9.17, 15) is 4.79 Å². The molecule has 6 nitrogen and oxygen atoms in total. The predicted octanol–water partition coefficient (Wildman–Crippen LogP) is 2.43. The van der Waals surface area contributed by atoms with Gasteiger partial charge in [0.1, 0.15) is 18.1 Å². The van der Waals surface area contributed by atoms with Crippen LogP contribution in [0.5, 0.6) is 23.0 Å². The summed E-state index contributed by atoms with van der Waals surface area (Å²) in [4.78, 5) is 14.8. The van der Waals surface area contributed by atoms with Crippen molar-refractivity contribution < 1.29 is 23.7 Å². The maximum absolute atomic E-state index is 13.0. The third-order valence-corrected chi connectivity index (χ3v) is 4.83. The fraction of sp³-hybridized carbons (Fsp3) is 0.350. The molecule has 136 valence electrons. The van der Waals surface area contributed by atoms with Crippen LogP contribution in [0.4, 0.5) is 0 Å². The summed E-state index contributed by atoms with van der Waals surface area (Å²) >= 11 is 0. The van der Waals surface area contributed by atoms with Crippen LogP contribution in [0, 0.1) is 0 Å². The second-order valence-electron chi connectivity index (χ2n) is 6.34. The minimum atomic E-state index is -0.629. The molecule has 6 heteroatoms. The molecule has 0 aromatic heterocycles. The van der Waals surface area contributed by atoms with Gasteiger partial charge in [-0.05, 0) is 30.2 Å².